The molecule has 0 amide bonds. The van der Waals surface area contributed by atoms with Gasteiger partial charge in [-0.05, 0) is 146 Å². The van der Waals surface area contributed by atoms with Gasteiger partial charge in [-0.15, -0.1) is 0 Å². The second-order valence-electron chi connectivity index (χ2n) is 17.8. The summed E-state index contributed by atoms with van der Waals surface area (Å²) in [4.78, 5) is 0. The van der Waals surface area contributed by atoms with Crippen LogP contribution in [0.1, 0.15) is 53.6 Å². The zero-order valence-corrected chi connectivity index (χ0v) is 33.9. The fraction of sp³-hybridized carbons (Fsp3) is 0.100. The van der Waals surface area contributed by atoms with Crippen molar-refractivity contribution in [2.45, 2.75) is 37.5 Å². The SMILES string of the molecule is CC1(C)c2ccccc2-c2c(-c3c4ccccc4c(-c4ccc5c(c4)C4(CCc6ccccc64)c4ccccc4-5)c4ccc(-c5cccc6ccccc56)cc34)cccc21. The number of aryl methyl sites for hydroxylation is 1. The minimum atomic E-state index is -0.156. The van der Waals surface area contributed by atoms with Gasteiger partial charge in [-0.2, -0.15) is 0 Å². The monoisotopic (exact) mass is 762 g/mol. The van der Waals surface area contributed by atoms with Crippen molar-refractivity contribution in [3.63, 3.8) is 0 Å². The van der Waals surface area contributed by atoms with Crippen LogP contribution in [0, 0.1) is 0 Å². The first-order valence-corrected chi connectivity index (χ1v) is 21.6. The van der Waals surface area contributed by atoms with Crippen molar-refractivity contribution in [3.05, 3.63) is 228 Å². The molecule has 13 rings (SSSR count). The van der Waals surface area contributed by atoms with Crippen molar-refractivity contribution in [2.75, 3.05) is 0 Å². The maximum absolute atomic E-state index is 2.58. The average molecular weight is 763 g/mol. The molecule has 10 aromatic carbocycles. The molecule has 0 heteroatoms. The Morgan fingerprint density at radius 3 is 1.78 bits per heavy atom. The minimum absolute atomic E-state index is 0.0988. The largest absolute Gasteiger partial charge is 0.0620 e. The summed E-state index contributed by atoms with van der Waals surface area (Å²) in [5.41, 5.74) is 21.5. The Kier molecular flexibility index (Phi) is 6.93. The van der Waals surface area contributed by atoms with E-state index in [0.717, 1.165) is 12.8 Å². The molecule has 1 unspecified atom stereocenters. The Morgan fingerprint density at radius 1 is 0.333 bits per heavy atom. The molecule has 0 nitrogen and oxygen atoms in total. The van der Waals surface area contributed by atoms with E-state index in [-0.39, 0.29) is 10.8 Å². The highest BCUT2D eigenvalue weighted by Crippen LogP contribution is 2.60. The van der Waals surface area contributed by atoms with Crippen LogP contribution in [-0.4, -0.2) is 0 Å². The average Bonchev–Trinajstić information content (AvgIpc) is 3.91. The van der Waals surface area contributed by atoms with Gasteiger partial charge in [0.1, 0.15) is 0 Å². The topological polar surface area (TPSA) is 0 Å². The smallest absolute Gasteiger partial charge is 0.0469 e. The van der Waals surface area contributed by atoms with E-state index in [1.807, 2.05) is 0 Å². The molecule has 0 aliphatic heterocycles. The highest BCUT2D eigenvalue weighted by atomic mass is 14.5. The maximum atomic E-state index is 2.58. The van der Waals surface area contributed by atoms with Crippen molar-refractivity contribution in [1.82, 2.24) is 0 Å². The Labute approximate surface area is 351 Å². The normalized spacial score (nSPS) is 16.6. The molecule has 0 heterocycles. The molecule has 0 N–H and O–H groups in total. The zero-order valence-electron chi connectivity index (χ0n) is 33.9. The first-order valence-electron chi connectivity index (χ1n) is 21.6. The molecular weight excluding hydrogens is 721 g/mol. The van der Waals surface area contributed by atoms with Crippen molar-refractivity contribution < 1.29 is 0 Å². The third kappa shape index (κ3) is 4.41. The van der Waals surface area contributed by atoms with E-state index >= 15 is 0 Å². The summed E-state index contributed by atoms with van der Waals surface area (Å²) in [5, 5.41) is 7.68. The van der Waals surface area contributed by atoms with Gasteiger partial charge in [0.15, 0.2) is 0 Å². The molecule has 60 heavy (non-hydrogen) atoms. The van der Waals surface area contributed by atoms with E-state index in [1.54, 1.807) is 0 Å². The van der Waals surface area contributed by atoms with Gasteiger partial charge in [0.25, 0.3) is 0 Å². The first kappa shape index (κ1) is 33.9. The molecule has 1 atom stereocenters. The first-order chi connectivity index (χ1) is 29.5. The van der Waals surface area contributed by atoms with E-state index < -0.39 is 0 Å². The van der Waals surface area contributed by atoms with Crippen LogP contribution in [0.15, 0.2) is 194 Å². The minimum Gasteiger partial charge on any atom is -0.0620 e. The van der Waals surface area contributed by atoms with Crippen LogP contribution in [0.2, 0.25) is 0 Å². The van der Waals surface area contributed by atoms with Gasteiger partial charge in [-0.3, -0.25) is 0 Å². The molecule has 0 radical (unpaired) electrons. The van der Waals surface area contributed by atoms with Gasteiger partial charge in [0.05, 0.1) is 0 Å². The third-order valence-corrected chi connectivity index (χ3v) is 14.7. The molecule has 3 aliphatic carbocycles. The molecule has 3 aliphatic rings. The van der Waals surface area contributed by atoms with Crippen molar-refractivity contribution in [2.24, 2.45) is 0 Å². The lowest BCUT2D eigenvalue weighted by molar-refractivity contribution is 0.626. The summed E-state index contributed by atoms with van der Waals surface area (Å²) in [5.74, 6) is 0. The molecular formula is C60H42. The van der Waals surface area contributed by atoms with Gasteiger partial charge in [0.2, 0.25) is 0 Å². The second-order valence-corrected chi connectivity index (χ2v) is 17.8. The zero-order chi connectivity index (χ0) is 39.7. The summed E-state index contributed by atoms with van der Waals surface area (Å²) in [6, 6.07) is 74.0. The van der Waals surface area contributed by atoms with Crippen LogP contribution in [0.5, 0.6) is 0 Å². The summed E-state index contributed by atoms with van der Waals surface area (Å²) < 4.78 is 0. The lowest BCUT2D eigenvalue weighted by atomic mass is 9.73. The van der Waals surface area contributed by atoms with Crippen LogP contribution < -0.4 is 0 Å². The quantitative estimate of drug-likeness (QED) is 0.157. The summed E-state index contributed by atoms with van der Waals surface area (Å²) in [6.45, 7) is 4.78. The third-order valence-electron chi connectivity index (χ3n) is 14.7. The molecule has 0 saturated carbocycles. The number of benzene rings is 10. The van der Waals surface area contributed by atoms with Gasteiger partial charge in [-0.25, -0.2) is 0 Å². The Bertz CT molecular complexity index is 3460. The van der Waals surface area contributed by atoms with Crippen LogP contribution in [0.4, 0.5) is 0 Å². The number of hydrogen-bond acceptors (Lipinski definition) is 0. The molecule has 0 bridgehead atoms. The van der Waals surface area contributed by atoms with Crippen molar-refractivity contribution in [1.29, 1.82) is 0 Å². The van der Waals surface area contributed by atoms with E-state index in [0.29, 0.717) is 0 Å². The molecule has 0 aromatic heterocycles. The number of fused-ring (bicyclic) bond motifs is 13. The van der Waals surface area contributed by atoms with E-state index in [4.69, 9.17) is 0 Å². The lowest BCUT2D eigenvalue weighted by Crippen LogP contribution is -2.23. The van der Waals surface area contributed by atoms with Gasteiger partial charge < -0.3 is 0 Å². The van der Waals surface area contributed by atoms with E-state index in [1.165, 1.54) is 121 Å². The molecule has 10 aromatic rings. The van der Waals surface area contributed by atoms with Crippen LogP contribution in [-0.2, 0) is 17.3 Å². The second kappa shape index (κ2) is 12.3. The molecule has 1 spiro atoms. The van der Waals surface area contributed by atoms with Crippen molar-refractivity contribution >= 4 is 32.3 Å². The Morgan fingerprint density at radius 2 is 0.917 bits per heavy atom. The summed E-state index contributed by atoms with van der Waals surface area (Å²) >= 11 is 0. The van der Waals surface area contributed by atoms with Crippen LogP contribution in [0.25, 0.3) is 88.0 Å². The van der Waals surface area contributed by atoms with E-state index in [2.05, 4.69) is 208 Å². The predicted molar refractivity (Wildman–Crippen MR) is 253 cm³/mol. The Balaban J connectivity index is 1.14. The molecule has 0 saturated heterocycles. The molecule has 282 valence electrons. The summed E-state index contributed by atoms with van der Waals surface area (Å²) in [6.07, 6.45) is 2.18. The highest BCUT2D eigenvalue weighted by Gasteiger charge is 2.48. The van der Waals surface area contributed by atoms with Crippen LogP contribution in [0.3, 0.4) is 0 Å². The fourth-order valence-corrected chi connectivity index (χ4v) is 12.1. The maximum Gasteiger partial charge on any atom is 0.0469 e. The van der Waals surface area contributed by atoms with Gasteiger partial charge in [0, 0.05) is 10.8 Å². The standard InChI is InChI=1S/C60H42/c1-59(2)52-26-11-9-22-48(52)58-49(24-14-28-54(58)59)57-46-21-7-6-20-45(46)56(47-32-29-39(35-50(47)57)42-23-13-17-37-15-3-5-18-41(37)42)40-30-31-44-43-19-8-12-27-53(43)60(55(44)36-40)34-33-38-16-4-10-25-51(38)60/h3-32,35-36H,33-34H2,1-2H3. The van der Waals surface area contributed by atoms with Gasteiger partial charge >= 0.3 is 0 Å². The highest BCUT2D eigenvalue weighted by molar-refractivity contribution is 6.23. The lowest BCUT2D eigenvalue weighted by Gasteiger charge is -2.29. The van der Waals surface area contributed by atoms with Gasteiger partial charge in [-0.1, -0.05) is 196 Å². The van der Waals surface area contributed by atoms with Crippen LogP contribution >= 0.6 is 0 Å². The number of hydrogen-bond donors (Lipinski definition) is 0. The Hall–Kier alpha value is -7.02. The fourth-order valence-electron chi connectivity index (χ4n) is 12.1. The van der Waals surface area contributed by atoms with Crippen molar-refractivity contribution in [3.8, 4) is 55.6 Å². The van der Waals surface area contributed by atoms with E-state index in [9.17, 15) is 0 Å². The predicted octanol–water partition coefficient (Wildman–Crippen LogP) is 15.7. The number of rotatable bonds is 3. The molecule has 0 fully saturated rings. The summed E-state index contributed by atoms with van der Waals surface area (Å²) in [7, 11) is 0.